The number of rotatable bonds is 13. The van der Waals surface area contributed by atoms with Gasteiger partial charge in [-0.25, -0.2) is 4.79 Å². The Hall–Kier alpha value is -3.38. The van der Waals surface area contributed by atoms with Crippen LogP contribution in [-0.4, -0.2) is 77.7 Å². The predicted octanol–water partition coefficient (Wildman–Crippen LogP) is -0.286. The number of hydrogen-bond donors (Lipinski definition) is 6. The van der Waals surface area contributed by atoms with Gasteiger partial charge < -0.3 is 42.3 Å². The van der Waals surface area contributed by atoms with Crippen LogP contribution in [0.4, 0.5) is 4.79 Å². The van der Waals surface area contributed by atoms with Gasteiger partial charge >= 0.3 is 6.09 Å². The summed E-state index contributed by atoms with van der Waals surface area (Å²) in [7, 11) is 0. The number of alkyl carbamates (subject to hydrolysis) is 1. The van der Waals surface area contributed by atoms with Gasteiger partial charge in [-0.2, -0.15) is 0 Å². The van der Waals surface area contributed by atoms with E-state index in [4.69, 9.17) is 27.3 Å². The number of guanidine groups is 1. The first-order valence-corrected chi connectivity index (χ1v) is 11.8. The molecule has 1 aliphatic rings. The first kappa shape index (κ1) is 29.7. The Labute approximate surface area is 206 Å². The van der Waals surface area contributed by atoms with Crippen LogP contribution in [0.3, 0.4) is 0 Å². The van der Waals surface area contributed by atoms with Gasteiger partial charge in [-0.1, -0.05) is 0 Å². The van der Waals surface area contributed by atoms with Crippen LogP contribution in [0.15, 0.2) is 4.99 Å². The van der Waals surface area contributed by atoms with E-state index < -0.39 is 41.6 Å². The standard InChI is InChI=1S/C22H40N8O5/c1-22(2,3)35-21(34)29-15(8-5-11-27-20(25)26)19(33)30-12-6-9-16(30)18(32)28-14(13-31)7-4-10-17(23)24/h13-16H,4-12H2,1-3H3,(H3,23,24)(H,28,32)(H,29,34)(H4,25,26,27)/t14-,15+,16+/m0/s1. The SMILES string of the molecule is CC(C)(C)OC(=O)N[C@H](CCCN=C(N)N)C(=O)N1CCC[C@@H]1C(=O)N[C@H](C=O)CCCC(=N)N. The number of nitrogens with one attached hydrogen (secondary N) is 3. The molecule has 1 heterocycles. The largest absolute Gasteiger partial charge is 0.444 e. The van der Waals surface area contributed by atoms with Crippen molar-refractivity contribution in [2.24, 2.45) is 22.2 Å². The molecule has 0 aromatic carbocycles. The third-order valence-corrected chi connectivity index (χ3v) is 5.23. The van der Waals surface area contributed by atoms with Crippen molar-refractivity contribution in [2.45, 2.75) is 89.4 Å². The quantitative estimate of drug-likeness (QED) is 0.0859. The molecule has 0 spiro atoms. The highest BCUT2D eigenvalue weighted by molar-refractivity contribution is 5.92. The summed E-state index contributed by atoms with van der Waals surface area (Å²) in [6, 6.07) is -2.45. The van der Waals surface area contributed by atoms with Crippen molar-refractivity contribution < 1.29 is 23.9 Å². The van der Waals surface area contributed by atoms with Gasteiger partial charge in [0.2, 0.25) is 11.8 Å². The first-order chi connectivity index (χ1) is 16.3. The fourth-order valence-corrected chi connectivity index (χ4v) is 3.68. The van der Waals surface area contributed by atoms with E-state index in [2.05, 4.69) is 15.6 Å². The lowest BCUT2D eigenvalue weighted by Gasteiger charge is -2.30. The van der Waals surface area contributed by atoms with Crippen molar-refractivity contribution in [3.05, 3.63) is 0 Å². The summed E-state index contributed by atoms with van der Waals surface area (Å²) in [6.45, 7) is 5.75. The number of likely N-dealkylation sites (tertiary alicyclic amines) is 1. The second kappa shape index (κ2) is 14.1. The van der Waals surface area contributed by atoms with Crippen molar-refractivity contribution >= 4 is 36.0 Å². The molecule has 1 rings (SSSR count). The van der Waals surface area contributed by atoms with Gasteiger partial charge in [0.15, 0.2) is 5.96 Å². The third kappa shape index (κ3) is 11.5. The van der Waals surface area contributed by atoms with Gasteiger partial charge in [0.25, 0.3) is 0 Å². The average molecular weight is 497 g/mol. The molecule has 1 fully saturated rings. The molecule has 1 aliphatic heterocycles. The number of nitrogens with zero attached hydrogens (tertiary/aromatic N) is 2. The van der Waals surface area contributed by atoms with Gasteiger partial charge in [-0.05, 0) is 59.3 Å². The molecule has 35 heavy (non-hydrogen) atoms. The monoisotopic (exact) mass is 496 g/mol. The highest BCUT2D eigenvalue weighted by Gasteiger charge is 2.38. The molecular formula is C22H40N8O5. The first-order valence-electron chi connectivity index (χ1n) is 11.8. The summed E-state index contributed by atoms with van der Waals surface area (Å²) in [5.41, 5.74) is 15.3. The smallest absolute Gasteiger partial charge is 0.408 e. The van der Waals surface area contributed by atoms with Crippen LogP contribution in [-0.2, 0) is 19.1 Å². The van der Waals surface area contributed by atoms with E-state index in [1.54, 1.807) is 20.8 Å². The molecular weight excluding hydrogens is 456 g/mol. The van der Waals surface area contributed by atoms with Gasteiger partial charge in [-0.3, -0.25) is 20.0 Å². The Morgan fingerprint density at radius 3 is 2.43 bits per heavy atom. The molecule has 0 saturated carbocycles. The van der Waals surface area contributed by atoms with E-state index in [9.17, 15) is 19.2 Å². The zero-order valence-electron chi connectivity index (χ0n) is 20.8. The lowest BCUT2D eigenvalue weighted by Crippen LogP contribution is -2.55. The lowest BCUT2D eigenvalue weighted by molar-refractivity contribution is -0.140. The number of ether oxygens (including phenoxy) is 1. The molecule has 3 atom stereocenters. The molecule has 3 amide bonds. The number of carbonyl (C=O) groups is 4. The van der Waals surface area contributed by atoms with Gasteiger partial charge in [-0.15, -0.1) is 0 Å². The zero-order chi connectivity index (χ0) is 26.6. The lowest BCUT2D eigenvalue weighted by atomic mass is 10.1. The fraction of sp³-hybridized carbons (Fsp3) is 0.727. The molecule has 198 valence electrons. The maximum absolute atomic E-state index is 13.4. The van der Waals surface area contributed by atoms with Crippen LogP contribution >= 0.6 is 0 Å². The van der Waals surface area contributed by atoms with Crippen LogP contribution in [0.5, 0.6) is 0 Å². The number of carbonyl (C=O) groups excluding carboxylic acids is 4. The second-order valence-corrected chi connectivity index (χ2v) is 9.51. The van der Waals surface area contributed by atoms with Crippen LogP contribution < -0.4 is 27.8 Å². The summed E-state index contributed by atoms with van der Waals surface area (Å²) in [5.74, 6) is -0.918. The van der Waals surface area contributed by atoms with Crippen LogP contribution in [0.25, 0.3) is 0 Å². The van der Waals surface area contributed by atoms with Crippen molar-refractivity contribution in [1.29, 1.82) is 5.41 Å². The normalized spacial score (nSPS) is 17.1. The minimum Gasteiger partial charge on any atom is -0.444 e. The van der Waals surface area contributed by atoms with E-state index >= 15 is 0 Å². The highest BCUT2D eigenvalue weighted by atomic mass is 16.6. The summed E-state index contributed by atoms with van der Waals surface area (Å²) in [5, 5.41) is 12.5. The van der Waals surface area contributed by atoms with Crippen LogP contribution in [0.1, 0.15) is 65.7 Å². The molecule has 0 bridgehead atoms. The topological polar surface area (TPSA) is 219 Å². The third-order valence-electron chi connectivity index (χ3n) is 5.23. The highest BCUT2D eigenvalue weighted by Crippen LogP contribution is 2.20. The summed E-state index contributed by atoms with van der Waals surface area (Å²) >= 11 is 0. The van der Waals surface area contributed by atoms with E-state index in [-0.39, 0.29) is 24.8 Å². The fourth-order valence-electron chi connectivity index (χ4n) is 3.68. The Morgan fingerprint density at radius 1 is 1.17 bits per heavy atom. The number of nitrogens with two attached hydrogens (primary N) is 3. The van der Waals surface area contributed by atoms with Gasteiger partial charge in [0.05, 0.1) is 11.9 Å². The van der Waals surface area contributed by atoms with E-state index in [1.165, 1.54) is 4.90 Å². The molecule has 0 radical (unpaired) electrons. The number of amidine groups is 1. The number of aliphatic imine (C=N–C) groups is 1. The Morgan fingerprint density at radius 2 is 1.86 bits per heavy atom. The minimum absolute atomic E-state index is 0.0110. The molecule has 0 aliphatic carbocycles. The van der Waals surface area contributed by atoms with Crippen LogP contribution in [0, 0.1) is 5.41 Å². The predicted molar refractivity (Wildman–Crippen MR) is 132 cm³/mol. The Balaban J connectivity index is 2.88. The maximum atomic E-state index is 13.4. The van der Waals surface area contributed by atoms with Gasteiger partial charge in [0, 0.05) is 19.5 Å². The number of aldehydes is 1. The molecule has 0 aromatic heterocycles. The average Bonchev–Trinajstić information content (AvgIpc) is 3.22. The molecule has 0 unspecified atom stereocenters. The van der Waals surface area contributed by atoms with E-state index in [0.717, 1.165) is 0 Å². The Bertz CT molecular complexity index is 791. The summed E-state index contributed by atoms with van der Waals surface area (Å²) in [6.07, 6.45) is 2.72. The van der Waals surface area contributed by atoms with E-state index in [1.807, 2.05) is 0 Å². The zero-order valence-corrected chi connectivity index (χ0v) is 20.8. The van der Waals surface area contributed by atoms with Crippen molar-refractivity contribution in [3.8, 4) is 0 Å². The number of hydrogen-bond acceptors (Lipinski definition) is 7. The van der Waals surface area contributed by atoms with Crippen molar-refractivity contribution in [1.82, 2.24) is 15.5 Å². The molecule has 1 saturated heterocycles. The van der Waals surface area contributed by atoms with Gasteiger partial charge in [0.1, 0.15) is 24.0 Å². The summed E-state index contributed by atoms with van der Waals surface area (Å²) < 4.78 is 5.29. The molecule has 13 heteroatoms. The molecule has 9 N–H and O–H groups in total. The minimum atomic E-state index is -0.940. The van der Waals surface area contributed by atoms with Crippen LogP contribution in [0.2, 0.25) is 0 Å². The van der Waals surface area contributed by atoms with E-state index in [0.29, 0.717) is 51.4 Å². The van der Waals surface area contributed by atoms with Crippen molar-refractivity contribution in [2.75, 3.05) is 13.1 Å². The Kier molecular flexibility index (Phi) is 12.0. The summed E-state index contributed by atoms with van der Waals surface area (Å²) in [4.78, 5) is 55.4. The molecule has 13 nitrogen and oxygen atoms in total. The molecule has 0 aromatic rings. The van der Waals surface area contributed by atoms with Crippen molar-refractivity contribution in [3.63, 3.8) is 0 Å². The second-order valence-electron chi connectivity index (χ2n) is 9.51. The maximum Gasteiger partial charge on any atom is 0.408 e. The number of amides is 3.